The minimum absolute atomic E-state index is 0.0175. The highest BCUT2D eigenvalue weighted by Crippen LogP contribution is 2.22. The molecule has 2 heterocycles. The van der Waals surface area contributed by atoms with Crippen molar-refractivity contribution < 1.29 is 14.6 Å². The van der Waals surface area contributed by atoms with Gasteiger partial charge in [-0.05, 0) is 24.6 Å². The Morgan fingerprint density at radius 2 is 2.24 bits per heavy atom. The third kappa shape index (κ3) is 3.71. The fourth-order valence-corrected chi connectivity index (χ4v) is 3.58. The third-order valence-electron chi connectivity index (χ3n) is 4.92. The summed E-state index contributed by atoms with van der Waals surface area (Å²) in [5, 5.41) is 13.8. The van der Waals surface area contributed by atoms with Crippen LogP contribution in [0.5, 0.6) is 0 Å². The minimum Gasteiger partial charge on any atom is -0.350 e. The maximum absolute atomic E-state index is 12.5. The summed E-state index contributed by atoms with van der Waals surface area (Å²) in [6.07, 6.45) is 4.18. The number of benzene rings is 1. The van der Waals surface area contributed by atoms with E-state index in [0.29, 0.717) is 18.3 Å². The van der Waals surface area contributed by atoms with Crippen molar-refractivity contribution >= 4 is 17.3 Å². The summed E-state index contributed by atoms with van der Waals surface area (Å²) >= 11 is 0. The summed E-state index contributed by atoms with van der Waals surface area (Å²) in [6.45, 7) is 3.14. The lowest BCUT2D eigenvalue weighted by atomic mass is 10.1. The molecule has 0 bridgehead atoms. The lowest BCUT2D eigenvalue weighted by Crippen LogP contribution is -3.11. The van der Waals surface area contributed by atoms with E-state index in [1.807, 2.05) is 26.2 Å². The van der Waals surface area contributed by atoms with Crippen LogP contribution in [0, 0.1) is 17.0 Å². The molecular weight excluding hydrogens is 320 g/mol. The largest absolute Gasteiger partial charge is 0.350 e. The predicted molar refractivity (Wildman–Crippen MR) is 94.5 cm³/mol. The number of likely N-dealkylation sites (tertiary alicyclic amines) is 1. The smallest absolute Gasteiger partial charge is 0.279 e. The summed E-state index contributed by atoms with van der Waals surface area (Å²) in [5.74, 6) is -0.111. The van der Waals surface area contributed by atoms with Crippen LogP contribution in [0.2, 0.25) is 0 Å². The van der Waals surface area contributed by atoms with Gasteiger partial charge >= 0.3 is 0 Å². The number of quaternary nitrogens is 1. The molecule has 132 valence electrons. The van der Waals surface area contributed by atoms with Gasteiger partial charge in [0, 0.05) is 38.2 Å². The third-order valence-corrected chi connectivity index (χ3v) is 4.92. The molecule has 1 saturated heterocycles. The van der Waals surface area contributed by atoms with Gasteiger partial charge in [-0.15, -0.1) is 0 Å². The Labute approximate surface area is 146 Å². The van der Waals surface area contributed by atoms with Crippen molar-refractivity contribution in [3.8, 4) is 0 Å². The van der Waals surface area contributed by atoms with Gasteiger partial charge < -0.3 is 14.8 Å². The van der Waals surface area contributed by atoms with Crippen molar-refractivity contribution in [2.45, 2.75) is 25.8 Å². The van der Waals surface area contributed by atoms with Gasteiger partial charge in [-0.2, -0.15) is 0 Å². The van der Waals surface area contributed by atoms with Crippen molar-refractivity contribution in [3.05, 3.63) is 57.9 Å². The van der Waals surface area contributed by atoms with Crippen LogP contribution in [-0.4, -0.2) is 28.5 Å². The Kier molecular flexibility index (Phi) is 4.85. The van der Waals surface area contributed by atoms with Crippen molar-refractivity contribution in [1.29, 1.82) is 0 Å². The Bertz CT molecular complexity index is 799. The van der Waals surface area contributed by atoms with Crippen LogP contribution in [0.1, 0.15) is 30.1 Å². The number of hydrogen-bond acceptors (Lipinski definition) is 3. The second kappa shape index (κ2) is 7.06. The summed E-state index contributed by atoms with van der Waals surface area (Å²) in [4.78, 5) is 24.2. The maximum atomic E-state index is 12.5. The van der Waals surface area contributed by atoms with Crippen LogP contribution in [0.4, 0.5) is 11.4 Å². The molecule has 2 N–H and O–H groups in total. The molecule has 1 aromatic carbocycles. The van der Waals surface area contributed by atoms with Crippen LogP contribution < -0.4 is 10.2 Å². The zero-order valence-electron chi connectivity index (χ0n) is 14.5. The van der Waals surface area contributed by atoms with Crippen LogP contribution in [0.3, 0.4) is 0 Å². The summed E-state index contributed by atoms with van der Waals surface area (Å²) in [6, 6.07) is 8.97. The summed E-state index contributed by atoms with van der Waals surface area (Å²) in [5.41, 5.74) is 2.55. The minimum atomic E-state index is -0.452. The number of carbonyl (C=O) groups is 1. The van der Waals surface area contributed by atoms with Crippen LogP contribution in [-0.2, 0) is 11.8 Å². The first-order valence-electron chi connectivity index (χ1n) is 8.46. The quantitative estimate of drug-likeness (QED) is 0.639. The molecule has 1 amide bonds. The lowest BCUT2D eigenvalue weighted by molar-refractivity contribution is -0.910. The molecule has 1 aliphatic rings. The first kappa shape index (κ1) is 17.2. The van der Waals surface area contributed by atoms with Crippen LogP contribution >= 0.6 is 0 Å². The number of amides is 1. The van der Waals surface area contributed by atoms with E-state index in [1.165, 1.54) is 22.7 Å². The van der Waals surface area contributed by atoms with Crippen molar-refractivity contribution in [2.24, 2.45) is 7.05 Å². The van der Waals surface area contributed by atoms with Gasteiger partial charge in [0.05, 0.1) is 22.8 Å². The number of rotatable bonds is 5. The van der Waals surface area contributed by atoms with E-state index >= 15 is 0 Å². The zero-order chi connectivity index (χ0) is 18.0. The highest BCUT2D eigenvalue weighted by atomic mass is 16.6. The molecule has 2 atom stereocenters. The number of non-ortho nitro benzene ring substituents is 1. The highest BCUT2D eigenvalue weighted by molar-refractivity contribution is 5.92. The van der Waals surface area contributed by atoms with E-state index in [0.717, 1.165) is 24.9 Å². The Hall–Kier alpha value is -2.67. The number of nitrogens with one attached hydrogen (secondary N) is 2. The molecule has 1 aromatic heterocycles. The zero-order valence-corrected chi connectivity index (χ0v) is 14.5. The van der Waals surface area contributed by atoms with Crippen molar-refractivity contribution in [2.75, 3.05) is 18.4 Å². The van der Waals surface area contributed by atoms with Gasteiger partial charge in [-0.25, -0.2) is 0 Å². The Morgan fingerprint density at radius 3 is 2.92 bits per heavy atom. The second-order valence-electron chi connectivity index (χ2n) is 6.63. The normalized spacial score (nSPS) is 19.8. The Morgan fingerprint density at radius 1 is 1.44 bits per heavy atom. The molecule has 0 aliphatic carbocycles. The first-order valence-corrected chi connectivity index (χ1v) is 8.46. The van der Waals surface area contributed by atoms with Gasteiger partial charge in [-0.3, -0.25) is 14.9 Å². The van der Waals surface area contributed by atoms with E-state index in [9.17, 15) is 14.9 Å². The number of carbonyl (C=O) groups excluding carboxylic acids is 1. The number of nitro benzene ring substituents is 1. The van der Waals surface area contributed by atoms with Crippen molar-refractivity contribution in [3.63, 3.8) is 0 Å². The number of hydrogen-bond donors (Lipinski definition) is 2. The molecule has 0 radical (unpaired) electrons. The predicted octanol–water partition coefficient (Wildman–Crippen LogP) is 1.60. The summed E-state index contributed by atoms with van der Waals surface area (Å²) < 4.78 is 2.11. The molecule has 1 aliphatic heterocycles. The van der Waals surface area contributed by atoms with Gasteiger partial charge in [-0.1, -0.05) is 6.07 Å². The number of anilines is 1. The number of nitro groups is 1. The number of nitrogens with zero attached hydrogens (tertiary/aromatic N) is 2. The van der Waals surface area contributed by atoms with Crippen LogP contribution in [0.25, 0.3) is 0 Å². The number of aryl methyl sites for hydroxylation is 2. The molecule has 25 heavy (non-hydrogen) atoms. The first-order chi connectivity index (χ1) is 12.0. The summed E-state index contributed by atoms with van der Waals surface area (Å²) in [7, 11) is 2.03. The van der Waals surface area contributed by atoms with Gasteiger partial charge in [0.1, 0.15) is 6.04 Å². The van der Waals surface area contributed by atoms with E-state index in [1.54, 1.807) is 6.07 Å². The molecule has 1 fully saturated rings. The average molecular weight is 343 g/mol. The second-order valence-corrected chi connectivity index (χ2v) is 6.63. The van der Waals surface area contributed by atoms with Gasteiger partial charge in [0.25, 0.3) is 11.6 Å². The van der Waals surface area contributed by atoms with Gasteiger partial charge in [0.2, 0.25) is 0 Å². The Balaban J connectivity index is 1.69. The number of aromatic nitrogens is 1. The average Bonchev–Trinajstić information content (AvgIpc) is 3.17. The SMILES string of the molecule is Cc1ccc([N+](=O)[O-])cc1NC(=O)C[NH+]1CCC[C@@H]1c1cccn1C. The molecule has 3 rings (SSSR count). The molecule has 7 nitrogen and oxygen atoms in total. The lowest BCUT2D eigenvalue weighted by Gasteiger charge is -2.22. The molecule has 2 aromatic rings. The molecule has 0 spiro atoms. The molecular formula is C18H23N4O3+. The fourth-order valence-electron chi connectivity index (χ4n) is 3.58. The van der Waals surface area contributed by atoms with Crippen LogP contribution in [0.15, 0.2) is 36.5 Å². The van der Waals surface area contributed by atoms with Gasteiger partial charge in [0.15, 0.2) is 6.54 Å². The maximum Gasteiger partial charge on any atom is 0.279 e. The monoisotopic (exact) mass is 343 g/mol. The van der Waals surface area contributed by atoms with E-state index in [-0.39, 0.29) is 11.6 Å². The molecule has 0 saturated carbocycles. The highest BCUT2D eigenvalue weighted by Gasteiger charge is 2.33. The van der Waals surface area contributed by atoms with E-state index in [2.05, 4.69) is 16.0 Å². The van der Waals surface area contributed by atoms with E-state index < -0.39 is 4.92 Å². The van der Waals surface area contributed by atoms with Crippen molar-refractivity contribution in [1.82, 2.24) is 4.57 Å². The molecule has 1 unspecified atom stereocenters. The topological polar surface area (TPSA) is 81.6 Å². The van der Waals surface area contributed by atoms with E-state index in [4.69, 9.17) is 0 Å². The fraction of sp³-hybridized carbons (Fsp3) is 0.389. The molecule has 7 heteroatoms. The standard InChI is InChI=1S/C18H22N4O3/c1-13-7-8-14(22(24)25)11-15(13)19-18(23)12-21-10-4-6-17(21)16-5-3-9-20(16)2/h3,5,7-9,11,17H,4,6,10,12H2,1-2H3,(H,19,23)/p+1/t17-/m1/s1.